The van der Waals surface area contributed by atoms with Crippen molar-refractivity contribution in [2.45, 2.75) is 48.5 Å². The third-order valence-corrected chi connectivity index (χ3v) is 8.28. The van der Waals surface area contributed by atoms with Gasteiger partial charge in [0.25, 0.3) is 0 Å². The highest BCUT2D eigenvalue weighted by molar-refractivity contribution is 7.89. The molecule has 5 rings (SSSR count). The van der Waals surface area contributed by atoms with E-state index in [0.717, 1.165) is 25.7 Å². The van der Waals surface area contributed by atoms with E-state index < -0.39 is 15.4 Å². The van der Waals surface area contributed by atoms with Crippen LogP contribution in [0.4, 0.5) is 0 Å². The zero-order valence-corrected chi connectivity index (χ0v) is 17.2. The second-order valence-corrected chi connectivity index (χ2v) is 10.7. The lowest BCUT2D eigenvalue weighted by Gasteiger charge is -2.13. The molecule has 2 saturated carbocycles. The Hall–Kier alpha value is -2.06. The highest BCUT2D eigenvalue weighted by Gasteiger charge is 2.48. The van der Waals surface area contributed by atoms with Crippen molar-refractivity contribution in [3.63, 3.8) is 0 Å². The summed E-state index contributed by atoms with van der Waals surface area (Å²) >= 11 is 7.64. The van der Waals surface area contributed by atoms with Crippen LogP contribution in [0.1, 0.15) is 37.6 Å². The molecule has 3 heterocycles. The van der Waals surface area contributed by atoms with Gasteiger partial charge >= 0.3 is 0 Å². The predicted molar refractivity (Wildman–Crippen MR) is 104 cm³/mol. The Morgan fingerprint density at radius 3 is 2.71 bits per heavy atom. The van der Waals surface area contributed by atoms with Crippen molar-refractivity contribution in [3.8, 4) is 16.9 Å². The van der Waals surface area contributed by atoms with Gasteiger partial charge in [-0.2, -0.15) is 5.26 Å². The molecule has 3 aromatic heterocycles. The molecule has 1 N–H and O–H groups in total. The van der Waals surface area contributed by atoms with Crippen LogP contribution >= 0.6 is 22.9 Å². The molecule has 2 aliphatic rings. The molecule has 0 radical (unpaired) electrons. The SMILES string of the molecule is CC1(NS(=O)(=O)c2cc(Cl)c3cnc(-c4nnc(C5(C#N)CC5)s4)n3c2)CC1. The van der Waals surface area contributed by atoms with Crippen LogP contribution in [0.15, 0.2) is 23.4 Å². The number of hydrogen-bond acceptors (Lipinski definition) is 7. The van der Waals surface area contributed by atoms with Gasteiger partial charge in [0.05, 0.1) is 22.8 Å². The van der Waals surface area contributed by atoms with Crippen molar-refractivity contribution < 1.29 is 8.42 Å². The molecule has 2 aliphatic carbocycles. The first-order valence-electron chi connectivity index (χ1n) is 8.72. The number of nitrogens with one attached hydrogen (secondary N) is 1. The molecule has 3 aromatic rings. The lowest BCUT2D eigenvalue weighted by molar-refractivity contribution is 0.557. The number of imidazole rings is 1. The number of pyridine rings is 1. The van der Waals surface area contributed by atoms with E-state index in [1.807, 2.05) is 6.92 Å². The maximum absolute atomic E-state index is 12.8. The van der Waals surface area contributed by atoms with E-state index in [1.165, 1.54) is 23.6 Å². The van der Waals surface area contributed by atoms with Gasteiger partial charge in [-0.15, -0.1) is 10.2 Å². The van der Waals surface area contributed by atoms with Gasteiger partial charge in [-0.25, -0.2) is 18.1 Å². The average molecular weight is 435 g/mol. The van der Waals surface area contributed by atoms with E-state index in [-0.39, 0.29) is 15.5 Å². The van der Waals surface area contributed by atoms with Gasteiger partial charge in [-0.3, -0.25) is 4.40 Å². The van der Waals surface area contributed by atoms with Crippen molar-refractivity contribution >= 4 is 38.5 Å². The van der Waals surface area contributed by atoms with Crippen molar-refractivity contribution in [1.29, 1.82) is 5.26 Å². The first-order chi connectivity index (χ1) is 13.3. The molecule has 0 bridgehead atoms. The quantitative estimate of drug-likeness (QED) is 0.660. The van der Waals surface area contributed by atoms with Gasteiger partial charge in [-0.05, 0) is 38.7 Å². The number of aromatic nitrogens is 4. The molecule has 0 aromatic carbocycles. The van der Waals surface area contributed by atoms with Gasteiger partial charge in [0.15, 0.2) is 10.8 Å². The number of halogens is 1. The molecular formula is C17H15ClN6O2S2. The Kier molecular flexibility index (Phi) is 3.68. The number of sulfonamides is 1. The van der Waals surface area contributed by atoms with E-state index in [4.69, 9.17) is 11.6 Å². The minimum absolute atomic E-state index is 0.0674. The Morgan fingerprint density at radius 1 is 1.32 bits per heavy atom. The summed E-state index contributed by atoms with van der Waals surface area (Å²) in [5.74, 6) is 0.448. The van der Waals surface area contributed by atoms with Gasteiger partial charge in [0.2, 0.25) is 10.0 Å². The van der Waals surface area contributed by atoms with Crippen molar-refractivity contribution in [2.24, 2.45) is 0 Å². The molecule has 0 saturated heterocycles. The summed E-state index contributed by atoms with van der Waals surface area (Å²) in [5.41, 5.74) is -0.340. The maximum Gasteiger partial charge on any atom is 0.242 e. The Balaban J connectivity index is 1.60. The molecule has 0 atom stereocenters. The summed E-state index contributed by atoms with van der Waals surface area (Å²) in [6, 6.07) is 3.73. The molecule has 0 spiro atoms. The Bertz CT molecular complexity index is 1260. The lowest BCUT2D eigenvalue weighted by Crippen LogP contribution is -2.34. The summed E-state index contributed by atoms with van der Waals surface area (Å²) in [6.07, 6.45) is 6.25. The number of fused-ring (bicyclic) bond motifs is 1. The van der Waals surface area contributed by atoms with Gasteiger partial charge in [0.1, 0.15) is 15.3 Å². The predicted octanol–water partition coefficient (Wildman–Crippen LogP) is 2.89. The van der Waals surface area contributed by atoms with Crippen LogP contribution in [0.5, 0.6) is 0 Å². The van der Waals surface area contributed by atoms with Crippen LogP contribution in [0.25, 0.3) is 16.3 Å². The van der Waals surface area contributed by atoms with E-state index in [9.17, 15) is 13.7 Å². The summed E-state index contributed by atoms with van der Waals surface area (Å²) < 4.78 is 29.9. The molecule has 0 amide bonds. The fourth-order valence-corrected chi connectivity index (χ4v) is 5.86. The maximum atomic E-state index is 12.8. The topological polar surface area (TPSA) is 113 Å². The first kappa shape index (κ1) is 18.0. The van der Waals surface area contributed by atoms with Crippen LogP contribution in [-0.2, 0) is 15.4 Å². The Morgan fingerprint density at radius 2 is 2.07 bits per heavy atom. The molecule has 144 valence electrons. The molecule has 8 nitrogen and oxygen atoms in total. The largest absolute Gasteiger partial charge is 0.295 e. The summed E-state index contributed by atoms with van der Waals surface area (Å²) in [7, 11) is -3.72. The van der Waals surface area contributed by atoms with Crippen molar-refractivity contribution in [1.82, 2.24) is 24.3 Å². The highest BCUT2D eigenvalue weighted by Crippen LogP contribution is 2.49. The van der Waals surface area contributed by atoms with Crippen LogP contribution in [0, 0.1) is 11.3 Å². The summed E-state index contributed by atoms with van der Waals surface area (Å²) in [5, 5.41) is 19.2. The number of rotatable bonds is 5. The van der Waals surface area contributed by atoms with Gasteiger partial charge in [-0.1, -0.05) is 22.9 Å². The van der Waals surface area contributed by atoms with E-state index in [1.54, 1.807) is 10.6 Å². The Labute approximate surface area is 170 Å². The summed E-state index contributed by atoms with van der Waals surface area (Å²) in [6.45, 7) is 1.87. The molecular weight excluding hydrogens is 420 g/mol. The number of hydrogen-bond donors (Lipinski definition) is 1. The third kappa shape index (κ3) is 2.81. The molecule has 28 heavy (non-hydrogen) atoms. The standard InChI is InChI=1S/C17H15ClN6O2S2/c1-16(2-3-16)23-28(25,26)10-6-11(18)12-7-20-13(24(12)8-10)14-21-22-15(27-14)17(9-19)4-5-17/h6-8,23H,2-5H2,1H3. The fourth-order valence-electron chi connectivity index (χ4n) is 3.02. The van der Waals surface area contributed by atoms with E-state index in [2.05, 4.69) is 26.0 Å². The average Bonchev–Trinajstić information content (AvgIpc) is 3.46. The monoisotopic (exact) mass is 434 g/mol. The summed E-state index contributed by atoms with van der Waals surface area (Å²) in [4.78, 5) is 4.43. The van der Waals surface area contributed by atoms with Gasteiger partial charge < -0.3 is 0 Å². The highest BCUT2D eigenvalue weighted by atomic mass is 35.5. The minimum Gasteiger partial charge on any atom is -0.295 e. The number of nitriles is 1. The molecule has 11 heteroatoms. The van der Waals surface area contributed by atoms with E-state index >= 15 is 0 Å². The lowest BCUT2D eigenvalue weighted by atomic mass is 10.1. The number of nitrogens with zero attached hydrogens (tertiary/aromatic N) is 5. The molecule has 0 unspecified atom stereocenters. The van der Waals surface area contributed by atoms with E-state index in [0.29, 0.717) is 21.4 Å². The van der Waals surface area contributed by atoms with Crippen LogP contribution in [0.3, 0.4) is 0 Å². The first-order valence-corrected chi connectivity index (χ1v) is 11.4. The van der Waals surface area contributed by atoms with Gasteiger partial charge in [0, 0.05) is 11.7 Å². The normalized spacial score (nSPS) is 19.5. The molecule has 2 fully saturated rings. The zero-order valence-electron chi connectivity index (χ0n) is 14.8. The third-order valence-electron chi connectivity index (χ3n) is 5.25. The van der Waals surface area contributed by atoms with Crippen molar-refractivity contribution in [2.75, 3.05) is 0 Å². The van der Waals surface area contributed by atoms with Crippen LogP contribution in [-0.4, -0.2) is 33.5 Å². The minimum atomic E-state index is -3.72. The fraction of sp³-hybridized carbons (Fsp3) is 0.412. The zero-order chi connectivity index (χ0) is 19.7. The second-order valence-electron chi connectivity index (χ2n) is 7.63. The van der Waals surface area contributed by atoms with Crippen LogP contribution in [0.2, 0.25) is 5.02 Å². The second kappa shape index (κ2) is 5.73. The smallest absolute Gasteiger partial charge is 0.242 e. The van der Waals surface area contributed by atoms with Crippen molar-refractivity contribution in [3.05, 3.63) is 28.5 Å². The molecule has 0 aliphatic heterocycles. The van der Waals surface area contributed by atoms with Crippen LogP contribution < -0.4 is 4.72 Å².